The van der Waals surface area contributed by atoms with Crippen molar-refractivity contribution in [2.75, 3.05) is 65.9 Å². The van der Waals surface area contributed by atoms with Crippen LogP contribution in [0.2, 0.25) is 0 Å². The summed E-state index contributed by atoms with van der Waals surface area (Å²) in [6.45, 7) is 6.22. The highest BCUT2D eigenvalue weighted by atomic mass is 16.7. The molecule has 1 atom stereocenters. The fourth-order valence-electron chi connectivity index (χ4n) is 2.99. The second kappa shape index (κ2) is 19.8. The number of hydroxylamine groups is 2. The molecule has 41 heavy (non-hydrogen) atoms. The highest BCUT2D eigenvalue weighted by Crippen LogP contribution is 2.12. The lowest BCUT2D eigenvalue weighted by Crippen LogP contribution is -2.38. The van der Waals surface area contributed by atoms with Gasteiger partial charge in [-0.3, -0.25) is 24.0 Å². The van der Waals surface area contributed by atoms with Crippen LogP contribution in [0.25, 0.3) is 0 Å². The van der Waals surface area contributed by atoms with Crippen LogP contribution < -0.4 is 16.4 Å². The Bertz CT molecular complexity index is 861. The first kappa shape index (κ1) is 35.8. The van der Waals surface area contributed by atoms with Crippen LogP contribution in [0.4, 0.5) is 0 Å². The van der Waals surface area contributed by atoms with Gasteiger partial charge >= 0.3 is 11.9 Å². The molecule has 0 aromatic heterocycles. The third kappa shape index (κ3) is 18.0. The van der Waals surface area contributed by atoms with Crippen molar-refractivity contribution in [2.24, 2.45) is 5.73 Å². The molecule has 0 spiro atoms. The number of nitrogens with two attached hydrogens (primary N) is 1. The minimum atomic E-state index is -0.868. The molecule has 0 aromatic rings. The lowest BCUT2D eigenvalue weighted by Gasteiger charge is -2.22. The smallest absolute Gasteiger partial charge is 0.358 e. The number of esters is 1. The molecule has 4 N–H and O–H groups in total. The largest absolute Gasteiger partial charge is 0.459 e. The normalized spacial score (nSPS) is 14.1. The van der Waals surface area contributed by atoms with E-state index >= 15 is 0 Å². The second-order valence-electron chi connectivity index (χ2n) is 9.75. The maximum atomic E-state index is 11.8. The summed E-state index contributed by atoms with van der Waals surface area (Å²) in [4.78, 5) is 74.3. The van der Waals surface area contributed by atoms with Gasteiger partial charge in [-0.25, -0.2) is 4.79 Å². The Labute approximate surface area is 238 Å². The average Bonchev–Trinajstić information content (AvgIpc) is 3.21. The summed E-state index contributed by atoms with van der Waals surface area (Å²) in [6, 6.07) is -0.868. The van der Waals surface area contributed by atoms with Crippen LogP contribution >= 0.6 is 0 Å². The number of nitrogens with zero attached hydrogens (tertiary/aromatic N) is 1. The number of amides is 4. The van der Waals surface area contributed by atoms with Crippen molar-refractivity contribution < 1.29 is 57.3 Å². The fourth-order valence-corrected chi connectivity index (χ4v) is 2.99. The molecule has 0 saturated carbocycles. The van der Waals surface area contributed by atoms with E-state index in [0.717, 1.165) is 0 Å². The fraction of sp³-hybridized carbons (Fsp3) is 0.760. The van der Waals surface area contributed by atoms with E-state index in [9.17, 15) is 28.8 Å². The Morgan fingerprint density at radius 1 is 0.805 bits per heavy atom. The first-order chi connectivity index (χ1) is 19.4. The zero-order chi connectivity index (χ0) is 30.7. The van der Waals surface area contributed by atoms with Gasteiger partial charge in [0.05, 0.1) is 39.6 Å². The van der Waals surface area contributed by atoms with Crippen LogP contribution in [-0.2, 0) is 57.3 Å². The standard InChI is InChI=1S/C25H42N4O12/c1-25(2,3)40-24(35)18(26)4-5-19(30)27-8-10-36-12-14-38-16-20(31)28-9-11-37-13-15-39-17-23(34)41-29-21(32)6-7-22(29)33/h18H,4-17,26H2,1-3H3,(H,27,30)(H,28,31)/t18-/m0/s1. The molecule has 1 aliphatic rings. The van der Waals surface area contributed by atoms with Crippen molar-refractivity contribution in [2.45, 2.75) is 58.1 Å². The van der Waals surface area contributed by atoms with Crippen molar-refractivity contribution in [3.05, 3.63) is 0 Å². The summed E-state index contributed by atoms with van der Waals surface area (Å²) in [5.41, 5.74) is 5.11. The molecular formula is C25H42N4O12. The molecular weight excluding hydrogens is 548 g/mol. The maximum Gasteiger partial charge on any atom is 0.358 e. The Kier molecular flexibility index (Phi) is 17.3. The highest BCUT2D eigenvalue weighted by molar-refractivity contribution is 6.01. The van der Waals surface area contributed by atoms with E-state index in [2.05, 4.69) is 15.5 Å². The van der Waals surface area contributed by atoms with Gasteiger partial charge < -0.3 is 44.9 Å². The summed E-state index contributed by atoms with van der Waals surface area (Å²) < 4.78 is 26.0. The number of carbonyl (C=O) groups excluding carboxylic acids is 6. The molecule has 0 unspecified atom stereocenters. The number of imide groups is 1. The molecule has 0 bridgehead atoms. The van der Waals surface area contributed by atoms with E-state index in [1.54, 1.807) is 20.8 Å². The van der Waals surface area contributed by atoms with Crippen LogP contribution in [0.15, 0.2) is 0 Å². The van der Waals surface area contributed by atoms with Crippen molar-refractivity contribution in [3.8, 4) is 0 Å². The van der Waals surface area contributed by atoms with Gasteiger partial charge in [0.25, 0.3) is 11.8 Å². The van der Waals surface area contributed by atoms with Gasteiger partial charge in [0.15, 0.2) is 0 Å². The number of rotatable bonds is 21. The Morgan fingerprint density at radius 2 is 1.32 bits per heavy atom. The molecule has 16 heteroatoms. The monoisotopic (exact) mass is 590 g/mol. The Balaban J connectivity index is 1.88. The van der Waals surface area contributed by atoms with Gasteiger partial charge in [-0.05, 0) is 27.2 Å². The van der Waals surface area contributed by atoms with E-state index in [0.29, 0.717) is 5.06 Å². The summed E-state index contributed by atoms with van der Waals surface area (Å²) >= 11 is 0. The summed E-state index contributed by atoms with van der Waals surface area (Å²) in [5, 5.41) is 5.71. The van der Waals surface area contributed by atoms with Crippen molar-refractivity contribution >= 4 is 35.6 Å². The average molecular weight is 591 g/mol. The first-order valence-electron chi connectivity index (χ1n) is 13.3. The zero-order valence-corrected chi connectivity index (χ0v) is 23.9. The molecule has 1 rings (SSSR count). The number of ether oxygens (including phenoxy) is 5. The minimum Gasteiger partial charge on any atom is -0.459 e. The molecule has 0 aromatic carbocycles. The van der Waals surface area contributed by atoms with Crippen LogP contribution in [0, 0.1) is 0 Å². The summed E-state index contributed by atoms with van der Waals surface area (Å²) in [7, 11) is 0. The SMILES string of the molecule is CC(C)(C)OC(=O)[C@@H](N)CCC(=O)NCCOCCOCC(=O)NCCOCCOCC(=O)ON1C(=O)CCC1=O. The van der Waals surface area contributed by atoms with Crippen LogP contribution in [0.5, 0.6) is 0 Å². The quantitative estimate of drug-likeness (QED) is 0.0777. The Morgan fingerprint density at radius 3 is 1.88 bits per heavy atom. The lowest BCUT2D eigenvalue weighted by molar-refractivity contribution is -0.200. The molecule has 0 aliphatic carbocycles. The predicted molar refractivity (Wildman–Crippen MR) is 140 cm³/mol. The third-order valence-electron chi connectivity index (χ3n) is 4.93. The van der Waals surface area contributed by atoms with E-state index in [-0.39, 0.29) is 96.8 Å². The minimum absolute atomic E-state index is 0.0133. The lowest BCUT2D eigenvalue weighted by atomic mass is 10.1. The second-order valence-corrected chi connectivity index (χ2v) is 9.75. The van der Waals surface area contributed by atoms with E-state index in [4.69, 9.17) is 29.4 Å². The molecule has 1 fully saturated rings. The predicted octanol–water partition coefficient (Wildman–Crippen LogP) is -1.66. The van der Waals surface area contributed by atoms with E-state index < -0.39 is 42.0 Å². The van der Waals surface area contributed by atoms with Gasteiger partial charge in [0, 0.05) is 32.4 Å². The molecule has 0 radical (unpaired) electrons. The van der Waals surface area contributed by atoms with E-state index in [1.807, 2.05) is 0 Å². The van der Waals surface area contributed by atoms with Gasteiger partial charge in [0.2, 0.25) is 11.8 Å². The molecule has 16 nitrogen and oxygen atoms in total. The summed E-state index contributed by atoms with van der Waals surface area (Å²) in [5.74, 6) is -3.14. The first-order valence-corrected chi connectivity index (χ1v) is 13.3. The third-order valence-corrected chi connectivity index (χ3v) is 4.93. The number of nitrogens with one attached hydrogen (secondary N) is 2. The summed E-state index contributed by atoms with van der Waals surface area (Å²) in [6.07, 6.45) is 0.282. The van der Waals surface area contributed by atoms with Gasteiger partial charge in [0.1, 0.15) is 24.9 Å². The zero-order valence-electron chi connectivity index (χ0n) is 23.9. The number of hydrogen-bond donors (Lipinski definition) is 3. The van der Waals surface area contributed by atoms with Gasteiger partial charge in [-0.2, -0.15) is 0 Å². The van der Waals surface area contributed by atoms with E-state index in [1.165, 1.54) is 0 Å². The topological polar surface area (TPSA) is 211 Å². The Hall–Kier alpha value is -3.18. The van der Waals surface area contributed by atoms with Gasteiger partial charge in [-0.15, -0.1) is 5.06 Å². The van der Waals surface area contributed by atoms with Crippen LogP contribution in [0.1, 0.15) is 46.5 Å². The van der Waals surface area contributed by atoms with Crippen LogP contribution in [-0.4, -0.2) is 118 Å². The number of carbonyl (C=O) groups is 6. The van der Waals surface area contributed by atoms with Crippen molar-refractivity contribution in [1.29, 1.82) is 0 Å². The highest BCUT2D eigenvalue weighted by Gasteiger charge is 2.32. The number of hydrogen-bond acceptors (Lipinski definition) is 13. The van der Waals surface area contributed by atoms with Crippen molar-refractivity contribution in [3.63, 3.8) is 0 Å². The van der Waals surface area contributed by atoms with Gasteiger partial charge in [-0.1, -0.05) is 0 Å². The van der Waals surface area contributed by atoms with Crippen molar-refractivity contribution in [1.82, 2.24) is 15.7 Å². The molecule has 4 amide bonds. The maximum absolute atomic E-state index is 11.8. The van der Waals surface area contributed by atoms with Crippen LogP contribution in [0.3, 0.4) is 0 Å². The molecule has 1 aliphatic heterocycles. The molecule has 1 heterocycles. The molecule has 234 valence electrons. The molecule has 1 saturated heterocycles.